The van der Waals surface area contributed by atoms with Crippen molar-refractivity contribution in [3.63, 3.8) is 0 Å². The molecule has 10 heteroatoms. The van der Waals surface area contributed by atoms with E-state index in [9.17, 15) is 23.3 Å². The van der Waals surface area contributed by atoms with Crippen LogP contribution in [0.25, 0.3) is 0 Å². The molecule has 0 aliphatic rings. The van der Waals surface area contributed by atoms with Crippen molar-refractivity contribution in [1.82, 2.24) is 4.72 Å². The van der Waals surface area contributed by atoms with Crippen LogP contribution in [0, 0.1) is 10.1 Å². The highest BCUT2D eigenvalue weighted by Gasteiger charge is 2.26. The maximum atomic E-state index is 12.7. The molecule has 0 atom stereocenters. The number of nitrogens with one attached hydrogen (secondary N) is 2. The molecule has 0 aliphatic heterocycles. The molecule has 0 heterocycles. The van der Waals surface area contributed by atoms with Crippen LogP contribution in [0.4, 0.5) is 11.4 Å². The van der Waals surface area contributed by atoms with E-state index in [0.29, 0.717) is 0 Å². The summed E-state index contributed by atoms with van der Waals surface area (Å²) >= 11 is 0. The molecule has 2 rings (SSSR count). The van der Waals surface area contributed by atoms with E-state index in [-0.39, 0.29) is 27.6 Å². The summed E-state index contributed by atoms with van der Waals surface area (Å²) in [6.07, 6.45) is 0. The number of hydrogen-bond donors (Lipinski definition) is 2. The predicted octanol–water partition coefficient (Wildman–Crippen LogP) is 2.93. The van der Waals surface area contributed by atoms with Crippen molar-refractivity contribution in [2.45, 2.75) is 31.2 Å². The van der Waals surface area contributed by atoms with Gasteiger partial charge in [-0.25, -0.2) is 13.1 Å². The van der Waals surface area contributed by atoms with Crippen LogP contribution in [0.3, 0.4) is 0 Å². The minimum absolute atomic E-state index is 0.0570. The Morgan fingerprint density at radius 1 is 1.14 bits per heavy atom. The summed E-state index contributed by atoms with van der Waals surface area (Å²) in [4.78, 5) is 22.6. The summed E-state index contributed by atoms with van der Waals surface area (Å²) in [5.41, 5.74) is -0.635. The molecule has 0 radical (unpaired) electrons. The van der Waals surface area contributed by atoms with Gasteiger partial charge >= 0.3 is 0 Å². The van der Waals surface area contributed by atoms with Crippen LogP contribution in [0.1, 0.15) is 31.1 Å². The van der Waals surface area contributed by atoms with Gasteiger partial charge in [-0.1, -0.05) is 6.07 Å². The molecule has 0 bridgehead atoms. The lowest BCUT2D eigenvalue weighted by Crippen LogP contribution is -2.40. The lowest BCUT2D eigenvalue weighted by Gasteiger charge is -2.21. The molecular weight excluding hydrogens is 386 g/mol. The molecule has 0 unspecified atom stereocenters. The highest BCUT2D eigenvalue weighted by Crippen LogP contribution is 2.27. The lowest BCUT2D eigenvalue weighted by molar-refractivity contribution is -0.384. The third-order valence-electron chi connectivity index (χ3n) is 3.47. The fourth-order valence-corrected chi connectivity index (χ4v) is 4.00. The van der Waals surface area contributed by atoms with Crippen LogP contribution in [0.2, 0.25) is 0 Å². The molecule has 2 N–H and O–H groups in total. The molecule has 0 aliphatic carbocycles. The highest BCUT2D eigenvalue weighted by atomic mass is 32.2. The van der Waals surface area contributed by atoms with Crippen molar-refractivity contribution in [2.75, 3.05) is 12.4 Å². The Morgan fingerprint density at radius 2 is 1.82 bits per heavy atom. The molecule has 9 nitrogen and oxygen atoms in total. The maximum Gasteiger partial charge on any atom is 0.271 e. The molecule has 2 aromatic rings. The van der Waals surface area contributed by atoms with Crippen molar-refractivity contribution < 1.29 is 22.9 Å². The zero-order chi connectivity index (χ0) is 21.1. The van der Waals surface area contributed by atoms with E-state index in [2.05, 4.69) is 10.0 Å². The fourth-order valence-electron chi connectivity index (χ4n) is 2.39. The van der Waals surface area contributed by atoms with Gasteiger partial charge in [0.15, 0.2) is 0 Å². The first-order chi connectivity index (χ1) is 12.9. The topological polar surface area (TPSA) is 128 Å². The van der Waals surface area contributed by atoms with Crippen molar-refractivity contribution in [1.29, 1.82) is 0 Å². The van der Waals surface area contributed by atoms with Crippen molar-refractivity contribution in [3.05, 3.63) is 58.1 Å². The first-order valence-corrected chi connectivity index (χ1v) is 9.69. The van der Waals surface area contributed by atoms with Crippen molar-refractivity contribution in [3.8, 4) is 5.75 Å². The smallest absolute Gasteiger partial charge is 0.271 e. The molecule has 0 saturated heterocycles. The van der Waals surface area contributed by atoms with Gasteiger partial charge in [0.05, 0.1) is 12.0 Å². The van der Waals surface area contributed by atoms with E-state index in [0.717, 1.165) is 0 Å². The van der Waals surface area contributed by atoms with Crippen LogP contribution < -0.4 is 14.8 Å². The molecule has 150 valence electrons. The van der Waals surface area contributed by atoms with Gasteiger partial charge in [-0.05, 0) is 45.0 Å². The van der Waals surface area contributed by atoms with Gasteiger partial charge < -0.3 is 10.1 Å². The number of ether oxygens (including phenoxy) is 1. The third kappa shape index (κ3) is 5.27. The molecule has 0 saturated carbocycles. The van der Waals surface area contributed by atoms with Crippen LogP contribution in [-0.4, -0.2) is 31.9 Å². The van der Waals surface area contributed by atoms with E-state index in [1.165, 1.54) is 49.6 Å². The Balaban J connectivity index is 2.38. The number of hydrogen-bond acceptors (Lipinski definition) is 6. The number of benzene rings is 2. The van der Waals surface area contributed by atoms with Gasteiger partial charge in [0.25, 0.3) is 11.6 Å². The zero-order valence-corrected chi connectivity index (χ0v) is 16.7. The number of nitrogens with zero attached hydrogens (tertiary/aromatic N) is 1. The number of amides is 1. The molecule has 2 aromatic carbocycles. The fraction of sp³-hybridized carbons (Fsp3) is 0.278. The van der Waals surface area contributed by atoms with Gasteiger partial charge in [0.2, 0.25) is 10.0 Å². The summed E-state index contributed by atoms with van der Waals surface area (Å²) in [5, 5.41) is 13.4. The largest absolute Gasteiger partial charge is 0.495 e. The van der Waals surface area contributed by atoms with Crippen LogP contribution in [0.15, 0.2) is 47.4 Å². The molecule has 0 aromatic heterocycles. The second-order valence-corrected chi connectivity index (χ2v) is 8.63. The number of rotatable bonds is 6. The summed E-state index contributed by atoms with van der Waals surface area (Å²) in [6, 6.07) is 9.41. The first kappa shape index (κ1) is 21.3. The van der Waals surface area contributed by atoms with Gasteiger partial charge in [-0.15, -0.1) is 0 Å². The summed E-state index contributed by atoms with van der Waals surface area (Å²) in [6.45, 7) is 5.07. The predicted molar refractivity (Wildman–Crippen MR) is 104 cm³/mol. The number of non-ortho nitro benzene ring substituents is 1. The zero-order valence-electron chi connectivity index (χ0n) is 15.8. The minimum Gasteiger partial charge on any atom is -0.495 e. The van der Waals surface area contributed by atoms with Gasteiger partial charge in [0.1, 0.15) is 10.6 Å². The van der Waals surface area contributed by atoms with Crippen LogP contribution in [0.5, 0.6) is 5.75 Å². The van der Waals surface area contributed by atoms with E-state index in [1.807, 2.05) is 0 Å². The lowest BCUT2D eigenvalue weighted by atomic mass is 10.1. The number of nitro groups is 1. The number of sulfonamides is 1. The Morgan fingerprint density at radius 3 is 2.39 bits per heavy atom. The molecule has 28 heavy (non-hydrogen) atoms. The van der Waals surface area contributed by atoms with Gasteiger partial charge in [0, 0.05) is 28.9 Å². The van der Waals surface area contributed by atoms with Crippen LogP contribution in [-0.2, 0) is 10.0 Å². The van der Waals surface area contributed by atoms with Gasteiger partial charge in [-0.2, -0.15) is 0 Å². The van der Waals surface area contributed by atoms with E-state index >= 15 is 0 Å². The summed E-state index contributed by atoms with van der Waals surface area (Å²) in [7, 11) is -2.62. The van der Waals surface area contributed by atoms with E-state index < -0.39 is 26.4 Å². The second kappa shape index (κ2) is 7.95. The van der Waals surface area contributed by atoms with E-state index in [4.69, 9.17) is 4.74 Å². The molecule has 0 spiro atoms. The quantitative estimate of drug-likeness (QED) is 0.560. The summed E-state index contributed by atoms with van der Waals surface area (Å²) in [5.74, 6) is -0.529. The Kier molecular flexibility index (Phi) is 6.05. The second-order valence-electron chi connectivity index (χ2n) is 6.98. The number of carbonyl (C=O) groups excluding carboxylic acids is 1. The Hall–Kier alpha value is -2.98. The SMILES string of the molecule is COc1ccc(C(=O)Nc2cccc([N+](=O)[O-])c2)cc1S(=O)(=O)NC(C)(C)C. The maximum absolute atomic E-state index is 12.7. The first-order valence-electron chi connectivity index (χ1n) is 8.21. The average Bonchev–Trinajstić information content (AvgIpc) is 2.59. The normalized spacial score (nSPS) is 11.7. The molecular formula is C18H21N3O6S. The molecule has 1 amide bonds. The Labute approximate surface area is 162 Å². The highest BCUT2D eigenvalue weighted by molar-refractivity contribution is 7.89. The number of nitro benzene ring substituents is 1. The Bertz CT molecular complexity index is 1010. The van der Waals surface area contributed by atoms with Crippen LogP contribution >= 0.6 is 0 Å². The van der Waals surface area contributed by atoms with Crippen molar-refractivity contribution in [2.24, 2.45) is 0 Å². The standard InChI is InChI=1S/C18H21N3O6S/c1-18(2,3)20-28(25,26)16-10-12(8-9-15(16)27-4)17(22)19-13-6-5-7-14(11-13)21(23)24/h5-11,20H,1-4H3,(H,19,22). The van der Waals surface area contributed by atoms with Gasteiger partial charge in [-0.3, -0.25) is 14.9 Å². The molecule has 0 fully saturated rings. The summed E-state index contributed by atoms with van der Waals surface area (Å²) < 4.78 is 33.0. The monoisotopic (exact) mass is 407 g/mol. The van der Waals surface area contributed by atoms with E-state index in [1.54, 1.807) is 20.8 Å². The number of methoxy groups -OCH3 is 1. The number of carbonyl (C=O) groups is 1. The number of anilines is 1. The third-order valence-corrected chi connectivity index (χ3v) is 5.25. The minimum atomic E-state index is -3.95. The average molecular weight is 407 g/mol. The van der Waals surface area contributed by atoms with Crippen molar-refractivity contribution >= 4 is 27.3 Å².